The fraction of sp³-hybridized carbons (Fsp3) is 0.917. The van der Waals surface area contributed by atoms with Crippen LogP contribution in [-0.4, -0.2) is 34.6 Å². The summed E-state index contributed by atoms with van der Waals surface area (Å²) in [5.74, 6) is 0.693. The molecule has 3 saturated carbocycles. The van der Waals surface area contributed by atoms with Crippen molar-refractivity contribution in [2.45, 2.75) is 50.6 Å². The summed E-state index contributed by atoms with van der Waals surface area (Å²) in [5.41, 5.74) is 0. The van der Waals surface area contributed by atoms with Crippen molar-refractivity contribution in [2.75, 3.05) is 6.54 Å². The van der Waals surface area contributed by atoms with Crippen LogP contribution in [0.2, 0.25) is 0 Å². The summed E-state index contributed by atoms with van der Waals surface area (Å²) in [6.07, 6.45) is 7.35. The highest BCUT2D eigenvalue weighted by atomic mass is 16.4. The molecule has 1 N–H and O–H groups in total. The maximum absolute atomic E-state index is 11.3. The van der Waals surface area contributed by atoms with Gasteiger partial charge in [0.2, 0.25) is 0 Å². The van der Waals surface area contributed by atoms with Crippen molar-refractivity contribution in [3.63, 3.8) is 0 Å². The van der Waals surface area contributed by atoms with Gasteiger partial charge < -0.3 is 5.11 Å². The smallest absolute Gasteiger partial charge is 0.321 e. The van der Waals surface area contributed by atoms with Gasteiger partial charge in [0.15, 0.2) is 0 Å². The predicted molar refractivity (Wildman–Crippen MR) is 56.6 cm³/mol. The van der Waals surface area contributed by atoms with Crippen LogP contribution in [0.1, 0.15) is 38.5 Å². The second-order valence-corrected chi connectivity index (χ2v) is 5.49. The van der Waals surface area contributed by atoms with Crippen molar-refractivity contribution < 1.29 is 9.90 Å². The SMILES string of the molecule is O=C(O)C(C1CC1)N(CC1CC1)C1CC1. The van der Waals surface area contributed by atoms with Gasteiger partial charge >= 0.3 is 5.97 Å². The number of rotatable bonds is 6. The van der Waals surface area contributed by atoms with E-state index in [0.717, 1.165) is 25.3 Å². The van der Waals surface area contributed by atoms with Crippen LogP contribution in [0.25, 0.3) is 0 Å². The molecule has 15 heavy (non-hydrogen) atoms. The fourth-order valence-electron chi connectivity index (χ4n) is 2.52. The van der Waals surface area contributed by atoms with Gasteiger partial charge in [-0.1, -0.05) is 0 Å². The predicted octanol–water partition coefficient (Wildman–Crippen LogP) is 1.72. The van der Waals surface area contributed by atoms with Crippen LogP contribution in [0, 0.1) is 11.8 Å². The van der Waals surface area contributed by atoms with Crippen LogP contribution < -0.4 is 0 Å². The highest BCUT2D eigenvalue weighted by Crippen LogP contribution is 2.42. The first-order valence-corrected chi connectivity index (χ1v) is 6.24. The zero-order chi connectivity index (χ0) is 10.4. The first-order chi connectivity index (χ1) is 7.25. The summed E-state index contributed by atoms with van der Waals surface area (Å²) in [7, 11) is 0. The van der Waals surface area contributed by atoms with Crippen LogP contribution in [0.15, 0.2) is 0 Å². The Morgan fingerprint density at radius 3 is 2.27 bits per heavy atom. The fourth-order valence-corrected chi connectivity index (χ4v) is 2.52. The van der Waals surface area contributed by atoms with E-state index >= 15 is 0 Å². The second kappa shape index (κ2) is 3.48. The third kappa shape index (κ3) is 2.17. The van der Waals surface area contributed by atoms with E-state index in [2.05, 4.69) is 4.90 Å². The average Bonchev–Trinajstić information content (AvgIpc) is 2.97. The van der Waals surface area contributed by atoms with E-state index in [-0.39, 0.29) is 6.04 Å². The van der Waals surface area contributed by atoms with Crippen molar-refractivity contribution in [3.05, 3.63) is 0 Å². The van der Waals surface area contributed by atoms with Gasteiger partial charge in [-0.15, -0.1) is 0 Å². The Morgan fingerprint density at radius 1 is 1.20 bits per heavy atom. The molecule has 3 aliphatic carbocycles. The molecule has 0 spiro atoms. The Labute approximate surface area is 90.5 Å². The van der Waals surface area contributed by atoms with Crippen LogP contribution in [-0.2, 0) is 4.79 Å². The molecule has 0 heterocycles. The van der Waals surface area contributed by atoms with E-state index in [4.69, 9.17) is 0 Å². The van der Waals surface area contributed by atoms with E-state index < -0.39 is 5.97 Å². The number of hydrogen-bond donors (Lipinski definition) is 1. The number of carboxylic acid groups (broad SMARTS) is 1. The largest absolute Gasteiger partial charge is 0.480 e. The molecular weight excluding hydrogens is 190 g/mol. The van der Waals surface area contributed by atoms with E-state index in [0.29, 0.717) is 12.0 Å². The lowest BCUT2D eigenvalue weighted by atomic mass is 10.1. The molecule has 1 unspecified atom stereocenters. The number of carbonyl (C=O) groups is 1. The standard InChI is InChI=1S/C12H19NO2/c14-12(15)11(9-3-4-9)13(10-5-6-10)7-8-1-2-8/h8-11H,1-7H2,(H,14,15). The van der Waals surface area contributed by atoms with Gasteiger partial charge in [0, 0.05) is 12.6 Å². The van der Waals surface area contributed by atoms with Crippen LogP contribution in [0.5, 0.6) is 0 Å². The number of nitrogens with zero attached hydrogens (tertiary/aromatic N) is 1. The van der Waals surface area contributed by atoms with Crippen molar-refractivity contribution in [1.82, 2.24) is 4.90 Å². The summed E-state index contributed by atoms with van der Waals surface area (Å²) in [6.45, 7) is 1.05. The van der Waals surface area contributed by atoms with E-state index in [9.17, 15) is 9.90 Å². The molecule has 0 radical (unpaired) electrons. The first-order valence-electron chi connectivity index (χ1n) is 6.24. The number of carboxylic acids is 1. The highest BCUT2D eigenvalue weighted by Gasteiger charge is 2.46. The molecule has 3 rings (SSSR count). The van der Waals surface area contributed by atoms with Crippen LogP contribution in [0.4, 0.5) is 0 Å². The molecule has 84 valence electrons. The molecule has 3 nitrogen and oxygen atoms in total. The Morgan fingerprint density at radius 2 is 1.87 bits per heavy atom. The van der Waals surface area contributed by atoms with E-state index in [1.54, 1.807) is 0 Å². The van der Waals surface area contributed by atoms with E-state index in [1.807, 2.05) is 0 Å². The Kier molecular flexibility index (Phi) is 2.23. The summed E-state index contributed by atoms with van der Waals surface area (Å²) in [6, 6.07) is 0.449. The van der Waals surface area contributed by atoms with Crippen molar-refractivity contribution >= 4 is 5.97 Å². The molecule has 0 aromatic rings. The maximum atomic E-state index is 11.3. The van der Waals surface area contributed by atoms with Crippen molar-refractivity contribution in [1.29, 1.82) is 0 Å². The zero-order valence-electron chi connectivity index (χ0n) is 9.06. The Bertz CT molecular complexity index is 267. The molecule has 0 saturated heterocycles. The summed E-state index contributed by atoms with van der Waals surface area (Å²) in [5, 5.41) is 9.32. The molecular formula is C12H19NO2. The summed E-state index contributed by atoms with van der Waals surface area (Å²) >= 11 is 0. The highest BCUT2D eigenvalue weighted by molar-refractivity contribution is 5.74. The lowest BCUT2D eigenvalue weighted by molar-refractivity contribution is -0.144. The molecule has 3 fully saturated rings. The van der Waals surface area contributed by atoms with Gasteiger partial charge in [0.1, 0.15) is 6.04 Å². The Hall–Kier alpha value is -0.570. The minimum absolute atomic E-state index is 0.155. The molecule has 3 heteroatoms. The van der Waals surface area contributed by atoms with E-state index in [1.165, 1.54) is 25.7 Å². The van der Waals surface area contributed by atoms with Crippen LogP contribution >= 0.6 is 0 Å². The topological polar surface area (TPSA) is 40.5 Å². The molecule has 1 atom stereocenters. The summed E-state index contributed by atoms with van der Waals surface area (Å²) in [4.78, 5) is 13.6. The first kappa shape index (κ1) is 9.64. The molecule has 0 aromatic heterocycles. The quantitative estimate of drug-likeness (QED) is 0.724. The molecule has 0 bridgehead atoms. The molecule has 0 aliphatic heterocycles. The number of aliphatic carboxylic acids is 1. The molecule has 3 aliphatic rings. The average molecular weight is 209 g/mol. The Balaban J connectivity index is 1.69. The van der Waals surface area contributed by atoms with Gasteiger partial charge in [-0.2, -0.15) is 0 Å². The lowest BCUT2D eigenvalue weighted by Crippen LogP contribution is -2.45. The van der Waals surface area contributed by atoms with Gasteiger partial charge in [-0.3, -0.25) is 9.69 Å². The van der Waals surface area contributed by atoms with Gasteiger partial charge in [0.25, 0.3) is 0 Å². The number of hydrogen-bond acceptors (Lipinski definition) is 2. The monoisotopic (exact) mass is 209 g/mol. The normalized spacial score (nSPS) is 28.1. The van der Waals surface area contributed by atoms with Crippen molar-refractivity contribution in [3.8, 4) is 0 Å². The molecule has 0 aromatic carbocycles. The van der Waals surface area contributed by atoms with Crippen molar-refractivity contribution in [2.24, 2.45) is 11.8 Å². The third-order valence-electron chi connectivity index (χ3n) is 3.86. The van der Waals surface area contributed by atoms with Gasteiger partial charge in [-0.25, -0.2) is 0 Å². The van der Waals surface area contributed by atoms with Crippen LogP contribution in [0.3, 0.4) is 0 Å². The lowest BCUT2D eigenvalue weighted by Gasteiger charge is -2.28. The molecule has 0 amide bonds. The zero-order valence-corrected chi connectivity index (χ0v) is 9.06. The van der Waals surface area contributed by atoms with Gasteiger partial charge in [-0.05, 0) is 50.4 Å². The minimum Gasteiger partial charge on any atom is -0.480 e. The summed E-state index contributed by atoms with van der Waals surface area (Å²) < 4.78 is 0. The van der Waals surface area contributed by atoms with Gasteiger partial charge in [0.05, 0.1) is 0 Å². The third-order valence-corrected chi connectivity index (χ3v) is 3.86. The minimum atomic E-state index is -0.579. The maximum Gasteiger partial charge on any atom is 0.321 e. The second-order valence-electron chi connectivity index (χ2n) is 5.49.